The highest BCUT2D eigenvalue weighted by atomic mass is 16.5. The number of hydrogen-bond donors (Lipinski definition) is 2. The van der Waals surface area contributed by atoms with E-state index >= 15 is 0 Å². The summed E-state index contributed by atoms with van der Waals surface area (Å²) in [5.74, 6) is 0.546. The van der Waals surface area contributed by atoms with Crippen molar-refractivity contribution in [2.24, 2.45) is 0 Å². The van der Waals surface area contributed by atoms with Gasteiger partial charge in [0.2, 0.25) is 0 Å². The molecule has 6 nitrogen and oxygen atoms in total. The van der Waals surface area contributed by atoms with Crippen molar-refractivity contribution in [3.63, 3.8) is 0 Å². The zero-order valence-electron chi connectivity index (χ0n) is 15.6. The Kier molecular flexibility index (Phi) is 5.91. The second-order valence-electron chi connectivity index (χ2n) is 5.92. The molecule has 0 radical (unpaired) electrons. The zero-order valence-corrected chi connectivity index (χ0v) is 15.6. The molecule has 2 N–H and O–H groups in total. The molecular formula is C22H20N2O4. The fraction of sp³-hybridized carbons (Fsp3) is 0.0909. The van der Waals surface area contributed by atoms with Crippen molar-refractivity contribution in [1.82, 2.24) is 0 Å². The molecule has 6 heteroatoms. The molecular weight excluding hydrogens is 356 g/mol. The molecule has 3 aromatic carbocycles. The summed E-state index contributed by atoms with van der Waals surface area (Å²) < 4.78 is 10.3. The monoisotopic (exact) mass is 376 g/mol. The molecule has 0 spiro atoms. The number of carbonyl (C=O) groups excluding carboxylic acids is 2. The van der Waals surface area contributed by atoms with Gasteiger partial charge in [-0.1, -0.05) is 24.3 Å². The molecule has 3 rings (SSSR count). The van der Waals surface area contributed by atoms with Crippen molar-refractivity contribution in [3.8, 4) is 11.5 Å². The molecule has 142 valence electrons. The average Bonchev–Trinajstić information content (AvgIpc) is 2.74. The van der Waals surface area contributed by atoms with Gasteiger partial charge in [-0.05, 0) is 42.5 Å². The topological polar surface area (TPSA) is 76.7 Å². The van der Waals surface area contributed by atoms with E-state index in [9.17, 15) is 9.59 Å². The molecule has 0 heterocycles. The number of ether oxygens (including phenoxy) is 2. The Labute approximate surface area is 163 Å². The molecule has 0 fully saturated rings. The molecule has 0 saturated heterocycles. The van der Waals surface area contributed by atoms with Crippen LogP contribution < -0.4 is 20.1 Å². The maximum absolute atomic E-state index is 12.7. The van der Waals surface area contributed by atoms with Gasteiger partial charge in [-0.3, -0.25) is 9.59 Å². The summed E-state index contributed by atoms with van der Waals surface area (Å²) in [5.41, 5.74) is 1.79. The van der Waals surface area contributed by atoms with E-state index in [4.69, 9.17) is 9.47 Å². The van der Waals surface area contributed by atoms with Crippen LogP contribution >= 0.6 is 0 Å². The summed E-state index contributed by atoms with van der Waals surface area (Å²) in [4.78, 5) is 25.3. The quantitative estimate of drug-likeness (QED) is 0.676. The van der Waals surface area contributed by atoms with Crippen molar-refractivity contribution >= 4 is 23.2 Å². The number of amides is 2. The van der Waals surface area contributed by atoms with E-state index in [2.05, 4.69) is 10.6 Å². The molecule has 0 atom stereocenters. The normalized spacial score (nSPS) is 10.1. The lowest BCUT2D eigenvalue weighted by molar-refractivity contribution is 0.102. The summed E-state index contributed by atoms with van der Waals surface area (Å²) in [7, 11) is 3.10. The van der Waals surface area contributed by atoms with Crippen molar-refractivity contribution in [2.75, 3.05) is 24.9 Å². The highest BCUT2D eigenvalue weighted by Crippen LogP contribution is 2.21. The molecule has 0 aliphatic carbocycles. The number of nitrogens with one attached hydrogen (secondary N) is 2. The Morgan fingerprint density at radius 3 is 2.14 bits per heavy atom. The lowest BCUT2D eigenvalue weighted by Gasteiger charge is -2.12. The Morgan fingerprint density at radius 1 is 0.714 bits per heavy atom. The predicted molar refractivity (Wildman–Crippen MR) is 108 cm³/mol. The first-order chi connectivity index (χ1) is 13.6. The van der Waals surface area contributed by atoms with Gasteiger partial charge >= 0.3 is 0 Å². The van der Waals surface area contributed by atoms with Crippen LogP contribution in [0, 0.1) is 0 Å². The van der Waals surface area contributed by atoms with Gasteiger partial charge in [-0.15, -0.1) is 0 Å². The second kappa shape index (κ2) is 8.73. The van der Waals surface area contributed by atoms with Gasteiger partial charge < -0.3 is 20.1 Å². The van der Waals surface area contributed by atoms with Crippen LogP contribution in [0.4, 0.5) is 11.4 Å². The third-order valence-corrected chi connectivity index (χ3v) is 4.08. The van der Waals surface area contributed by atoms with Crippen molar-refractivity contribution < 1.29 is 19.1 Å². The highest BCUT2D eigenvalue weighted by Gasteiger charge is 2.15. The summed E-state index contributed by atoms with van der Waals surface area (Å²) in [6.45, 7) is 0. The van der Waals surface area contributed by atoms with Gasteiger partial charge in [0.05, 0.1) is 25.5 Å². The fourth-order valence-electron chi connectivity index (χ4n) is 2.65. The summed E-state index contributed by atoms with van der Waals surface area (Å²) >= 11 is 0. The van der Waals surface area contributed by atoms with E-state index in [1.54, 1.807) is 79.9 Å². The molecule has 0 aromatic heterocycles. The predicted octanol–water partition coefficient (Wildman–Crippen LogP) is 4.21. The highest BCUT2D eigenvalue weighted by molar-refractivity contribution is 6.12. The number of carbonyl (C=O) groups is 2. The first-order valence-corrected chi connectivity index (χ1v) is 8.60. The second-order valence-corrected chi connectivity index (χ2v) is 5.92. The van der Waals surface area contributed by atoms with Gasteiger partial charge in [0.15, 0.2) is 0 Å². The lowest BCUT2D eigenvalue weighted by Crippen LogP contribution is -2.18. The Bertz CT molecular complexity index is 1000. The van der Waals surface area contributed by atoms with Crippen LogP contribution in [-0.4, -0.2) is 26.0 Å². The van der Waals surface area contributed by atoms with Gasteiger partial charge in [-0.25, -0.2) is 0 Å². The standard InChI is InChI=1S/C22H20N2O4/c1-27-17-9-5-7-15(13-17)21(25)24-20-12-4-3-11-19(20)22(26)23-16-8-6-10-18(14-16)28-2/h3-14H,1-2H3,(H,23,26)(H,24,25). The number of rotatable bonds is 6. The first-order valence-electron chi connectivity index (χ1n) is 8.60. The first kappa shape index (κ1) is 19.0. The van der Waals surface area contributed by atoms with E-state index in [-0.39, 0.29) is 11.8 Å². The number of hydrogen-bond acceptors (Lipinski definition) is 4. The average molecular weight is 376 g/mol. The van der Waals surface area contributed by atoms with Gasteiger partial charge in [-0.2, -0.15) is 0 Å². The third-order valence-electron chi connectivity index (χ3n) is 4.08. The van der Waals surface area contributed by atoms with Gasteiger partial charge in [0.1, 0.15) is 11.5 Å². The number of methoxy groups -OCH3 is 2. The van der Waals surface area contributed by atoms with E-state index in [0.717, 1.165) is 0 Å². The van der Waals surface area contributed by atoms with Gasteiger partial charge in [0, 0.05) is 17.3 Å². The Morgan fingerprint density at radius 2 is 1.39 bits per heavy atom. The third kappa shape index (κ3) is 4.48. The van der Waals surface area contributed by atoms with Crippen LogP contribution in [0.25, 0.3) is 0 Å². The summed E-state index contributed by atoms with van der Waals surface area (Å²) in [6.07, 6.45) is 0. The smallest absolute Gasteiger partial charge is 0.257 e. The van der Waals surface area contributed by atoms with Crippen LogP contribution in [-0.2, 0) is 0 Å². The fourth-order valence-corrected chi connectivity index (χ4v) is 2.65. The van der Waals surface area contributed by atoms with E-state index < -0.39 is 0 Å². The van der Waals surface area contributed by atoms with E-state index in [1.165, 1.54) is 7.11 Å². The molecule has 0 saturated carbocycles. The number of anilines is 2. The number of benzene rings is 3. The number of para-hydroxylation sites is 1. The molecule has 0 unspecified atom stereocenters. The van der Waals surface area contributed by atoms with Crippen LogP contribution in [0.2, 0.25) is 0 Å². The molecule has 3 aromatic rings. The molecule has 0 bridgehead atoms. The van der Waals surface area contributed by atoms with Crippen molar-refractivity contribution in [3.05, 3.63) is 83.9 Å². The molecule has 0 aliphatic heterocycles. The van der Waals surface area contributed by atoms with Crippen LogP contribution in [0.15, 0.2) is 72.8 Å². The Hall–Kier alpha value is -3.80. The lowest BCUT2D eigenvalue weighted by atomic mass is 10.1. The van der Waals surface area contributed by atoms with Crippen LogP contribution in [0.5, 0.6) is 11.5 Å². The largest absolute Gasteiger partial charge is 0.497 e. The minimum atomic E-state index is -0.338. The van der Waals surface area contributed by atoms with Gasteiger partial charge in [0.25, 0.3) is 11.8 Å². The maximum atomic E-state index is 12.7. The maximum Gasteiger partial charge on any atom is 0.257 e. The van der Waals surface area contributed by atoms with E-state index in [0.29, 0.717) is 34.0 Å². The minimum absolute atomic E-state index is 0.333. The van der Waals surface area contributed by atoms with Crippen LogP contribution in [0.1, 0.15) is 20.7 Å². The summed E-state index contributed by atoms with van der Waals surface area (Å²) in [5, 5.41) is 5.60. The zero-order chi connectivity index (χ0) is 19.9. The van der Waals surface area contributed by atoms with Crippen molar-refractivity contribution in [2.45, 2.75) is 0 Å². The van der Waals surface area contributed by atoms with Crippen LogP contribution in [0.3, 0.4) is 0 Å². The van der Waals surface area contributed by atoms with Crippen molar-refractivity contribution in [1.29, 1.82) is 0 Å². The SMILES string of the molecule is COc1cccc(NC(=O)c2ccccc2NC(=O)c2cccc(OC)c2)c1. The van der Waals surface area contributed by atoms with E-state index in [1.807, 2.05) is 0 Å². The molecule has 2 amide bonds. The molecule has 0 aliphatic rings. The molecule has 28 heavy (non-hydrogen) atoms. The Balaban J connectivity index is 1.80. The minimum Gasteiger partial charge on any atom is -0.497 e. The summed E-state index contributed by atoms with van der Waals surface area (Å²) in [6, 6.07) is 20.7.